The van der Waals surface area contributed by atoms with E-state index in [1.54, 1.807) is 30.3 Å². The fourth-order valence-electron chi connectivity index (χ4n) is 1.80. The highest BCUT2D eigenvalue weighted by atomic mass is 35.5. The summed E-state index contributed by atoms with van der Waals surface area (Å²) in [6.07, 6.45) is 0. The van der Waals surface area contributed by atoms with Crippen LogP contribution < -0.4 is 10.1 Å². The van der Waals surface area contributed by atoms with Gasteiger partial charge in [-0.2, -0.15) is 0 Å². The highest BCUT2D eigenvalue weighted by molar-refractivity contribution is 6.31. The first kappa shape index (κ1) is 17.1. The predicted molar refractivity (Wildman–Crippen MR) is 88.4 cm³/mol. The number of halogens is 2. The molecule has 0 aliphatic carbocycles. The minimum atomic E-state index is -0.599. The lowest BCUT2D eigenvalue weighted by Crippen LogP contribution is -2.21. The number of amides is 1. The molecule has 0 saturated carbocycles. The van der Waals surface area contributed by atoms with Gasteiger partial charge in [-0.25, -0.2) is 4.79 Å². The van der Waals surface area contributed by atoms with Crippen molar-refractivity contribution in [3.05, 3.63) is 58.1 Å². The van der Waals surface area contributed by atoms with Crippen molar-refractivity contribution in [1.29, 1.82) is 0 Å². The quantitative estimate of drug-likeness (QED) is 0.830. The predicted octanol–water partition coefficient (Wildman–Crippen LogP) is 3.80. The number of ether oxygens (including phenoxy) is 2. The molecule has 0 unspecified atom stereocenters. The van der Waals surface area contributed by atoms with Crippen molar-refractivity contribution in [3.8, 4) is 5.75 Å². The van der Waals surface area contributed by atoms with E-state index >= 15 is 0 Å². The van der Waals surface area contributed by atoms with Crippen molar-refractivity contribution in [2.45, 2.75) is 0 Å². The molecule has 2 rings (SSSR count). The first-order valence-electron chi connectivity index (χ1n) is 6.55. The number of methoxy groups -OCH3 is 1. The molecule has 0 heterocycles. The second-order valence-corrected chi connectivity index (χ2v) is 5.35. The van der Waals surface area contributed by atoms with E-state index in [1.165, 1.54) is 19.2 Å². The van der Waals surface area contributed by atoms with E-state index in [1.807, 2.05) is 0 Å². The number of benzene rings is 2. The minimum Gasteiger partial charge on any atom is -0.483 e. The van der Waals surface area contributed by atoms with Gasteiger partial charge in [-0.3, -0.25) is 4.79 Å². The maximum absolute atomic E-state index is 11.9. The smallest absolute Gasteiger partial charge is 0.341 e. The van der Waals surface area contributed by atoms with Crippen molar-refractivity contribution >= 4 is 40.8 Å². The summed E-state index contributed by atoms with van der Waals surface area (Å²) >= 11 is 11.7. The average molecular weight is 354 g/mol. The van der Waals surface area contributed by atoms with Gasteiger partial charge in [0.2, 0.25) is 0 Å². The molecular formula is C16H13Cl2NO4. The zero-order chi connectivity index (χ0) is 16.8. The first-order chi connectivity index (χ1) is 11.0. The Morgan fingerprint density at radius 2 is 1.83 bits per heavy atom. The molecule has 0 fully saturated rings. The second-order valence-electron chi connectivity index (χ2n) is 4.48. The third-order valence-corrected chi connectivity index (χ3v) is 3.28. The number of hydrogen-bond acceptors (Lipinski definition) is 4. The van der Waals surface area contributed by atoms with E-state index < -0.39 is 11.9 Å². The molecule has 5 nitrogen and oxygen atoms in total. The third kappa shape index (κ3) is 4.87. The maximum atomic E-state index is 11.9. The number of carbonyl (C=O) groups excluding carboxylic acids is 2. The van der Waals surface area contributed by atoms with Crippen LogP contribution in [0.3, 0.4) is 0 Å². The fraction of sp³-hybridized carbons (Fsp3) is 0.125. The van der Waals surface area contributed by atoms with Gasteiger partial charge in [0, 0.05) is 15.7 Å². The van der Waals surface area contributed by atoms with Gasteiger partial charge in [-0.15, -0.1) is 0 Å². The Kier molecular flexibility index (Phi) is 5.84. The Labute approximate surface area is 143 Å². The number of nitrogens with one attached hydrogen (secondary N) is 1. The van der Waals surface area contributed by atoms with Crippen molar-refractivity contribution in [2.24, 2.45) is 0 Å². The molecular weight excluding hydrogens is 341 g/mol. The van der Waals surface area contributed by atoms with E-state index in [0.29, 0.717) is 15.7 Å². The highest BCUT2D eigenvalue weighted by Crippen LogP contribution is 2.24. The molecule has 120 valence electrons. The molecule has 0 aliphatic rings. The largest absolute Gasteiger partial charge is 0.483 e. The number of carbonyl (C=O) groups is 2. The number of anilines is 1. The molecule has 0 saturated heterocycles. The third-order valence-electron chi connectivity index (χ3n) is 2.81. The second kappa shape index (κ2) is 7.85. The molecule has 0 bridgehead atoms. The van der Waals surface area contributed by atoms with Gasteiger partial charge in [0.1, 0.15) is 11.3 Å². The van der Waals surface area contributed by atoms with Crippen LogP contribution in [0.2, 0.25) is 10.0 Å². The van der Waals surface area contributed by atoms with Crippen molar-refractivity contribution in [1.82, 2.24) is 0 Å². The van der Waals surface area contributed by atoms with Crippen LogP contribution in [0.4, 0.5) is 5.69 Å². The Morgan fingerprint density at radius 3 is 2.52 bits per heavy atom. The summed E-state index contributed by atoms with van der Waals surface area (Å²) in [6, 6.07) is 11.2. The maximum Gasteiger partial charge on any atom is 0.341 e. The first-order valence-corrected chi connectivity index (χ1v) is 7.31. The molecule has 1 N–H and O–H groups in total. The van der Waals surface area contributed by atoms with Gasteiger partial charge >= 0.3 is 5.97 Å². The topological polar surface area (TPSA) is 64.6 Å². The molecule has 2 aromatic carbocycles. The average Bonchev–Trinajstić information content (AvgIpc) is 2.53. The van der Waals surface area contributed by atoms with Crippen LogP contribution >= 0.6 is 23.2 Å². The summed E-state index contributed by atoms with van der Waals surface area (Å²) in [5.41, 5.74) is 0.700. The van der Waals surface area contributed by atoms with E-state index in [9.17, 15) is 9.59 Å². The molecule has 1 amide bonds. The van der Waals surface area contributed by atoms with Crippen molar-refractivity contribution in [2.75, 3.05) is 19.0 Å². The summed E-state index contributed by atoms with van der Waals surface area (Å²) in [6.45, 7) is -0.280. The summed E-state index contributed by atoms with van der Waals surface area (Å²) in [4.78, 5) is 23.6. The summed E-state index contributed by atoms with van der Waals surface area (Å²) in [5.74, 6) is -0.779. The minimum absolute atomic E-state index is 0.149. The standard InChI is InChI=1S/C16H13Cl2NO4/c1-22-16(21)13-8-11(18)5-6-14(13)23-9-15(20)19-12-4-2-3-10(17)7-12/h2-8H,9H2,1H3,(H,19,20). The van der Waals surface area contributed by atoms with Gasteiger partial charge in [-0.1, -0.05) is 29.3 Å². The SMILES string of the molecule is COC(=O)c1cc(Cl)ccc1OCC(=O)Nc1cccc(Cl)c1. The lowest BCUT2D eigenvalue weighted by atomic mass is 10.2. The van der Waals surface area contributed by atoms with E-state index in [4.69, 9.17) is 27.9 Å². The van der Waals surface area contributed by atoms with Crippen LogP contribution in [-0.4, -0.2) is 25.6 Å². The summed E-state index contributed by atoms with van der Waals surface area (Å²) < 4.78 is 10.0. The molecule has 2 aromatic rings. The monoisotopic (exact) mass is 353 g/mol. The van der Waals surface area contributed by atoms with E-state index in [2.05, 4.69) is 10.1 Å². The molecule has 0 aliphatic heterocycles. The summed E-state index contributed by atoms with van der Waals surface area (Å²) in [5, 5.41) is 3.51. The molecule has 0 atom stereocenters. The summed E-state index contributed by atoms with van der Waals surface area (Å²) in [7, 11) is 1.25. The normalized spacial score (nSPS) is 10.0. The van der Waals surface area contributed by atoms with Crippen LogP contribution in [-0.2, 0) is 9.53 Å². The Hall–Kier alpha value is -2.24. The van der Waals surface area contributed by atoms with Crippen LogP contribution in [0.1, 0.15) is 10.4 Å². The number of rotatable bonds is 5. The zero-order valence-corrected chi connectivity index (χ0v) is 13.6. The van der Waals surface area contributed by atoms with Gasteiger partial charge in [0.05, 0.1) is 7.11 Å². The van der Waals surface area contributed by atoms with Crippen molar-refractivity contribution < 1.29 is 19.1 Å². The van der Waals surface area contributed by atoms with E-state index in [0.717, 1.165) is 0 Å². The molecule has 7 heteroatoms. The van der Waals surface area contributed by atoms with Crippen LogP contribution in [0.5, 0.6) is 5.75 Å². The molecule has 0 aromatic heterocycles. The lowest BCUT2D eigenvalue weighted by Gasteiger charge is -2.11. The molecule has 23 heavy (non-hydrogen) atoms. The molecule has 0 radical (unpaired) electrons. The highest BCUT2D eigenvalue weighted by Gasteiger charge is 2.15. The van der Waals surface area contributed by atoms with Gasteiger partial charge < -0.3 is 14.8 Å². The van der Waals surface area contributed by atoms with Crippen molar-refractivity contribution in [3.63, 3.8) is 0 Å². The van der Waals surface area contributed by atoms with E-state index in [-0.39, 0.29) is 17.9 Å². The lowest BCUT2D eigenvalue weighted by molar-refractivity contribution is -0.118. The van der Waals surface area contributed by atoms with Gasteiger partial charge in [0.25, 0.3) is 5.91 Å². The Bertz CT molecular complexity index is 734. The zero-order valence-electron chi connectivity index (χ0n) is 12.1. The Balaban J connectivity index is 2.03. The van der Waals surface area contributed by atoms with Crippen LogP contribution in [0, 0.1) is 0 Å². The number of hydrogen-bond donors (Lipinski definition) is 1. The number of esters is 1. The molecule has 0 spiro atoms. The Morgan fingerprint density at radius 1 is 1.09 bits per heavy atom. The van der Waals surface area contributed by atoms with Gasteiger partial charge in [0.15, 0.2) is 6.61 Å². The van der Waals surface area contributed by atoms with Crippen LogP contribution in [0.25, 0.3) is 0 Å². The fourth-order valence-corrected chi connectivity index (χ4v) is 2.17. The van der Waals surface area contributed by atoms with Crippen LogP contribution in [0.15, 0.2) is 42.5 Å². The van der Waals surface area contributed by atoms with Gasteiger partial charge in [-0.05, 0) is 36.4 Å².